The summed E-state index contributed by atoms with van der Waals surface area (Å²) in [4.78, 5) is 36.7. The van der Waals surface area contributed by atoms with Crippen molar-refractivity contribution in [2.24, 2.45) is 0 Å². The summed E-state index contributed by atoms with van der Waals surface area (Å²) in [7, 11) is 0. The van der Waals surface area contributed by atoms with E-state index >= 15 is 0 Å². The van der Waals surface area contributed by atoms with E-state index in [1.165, 1.54) is 6.92 Å². The minimum Gasteiger partial charge on any atom is -0.464 e. The van der Waals surface area contributed by atoms with Gasteiger partial charge in [-0.3, -0.25) is 4.79 Å². The van der Waals surface area contributed by atoms with Crippen LogP contribution in [-0.2, 0) is 30.3 Å². The zero-order chi connectivity index (χ0) is 18.3. The molecule has 0 spiro atoms. The highest BCUT2D eigenvalue weighted by Gasteiger charge is 2.50. The Balaban J connectivity index is 3.35. The second-order valence-electron chi connectivity index (χ2n) is 5.62. The van der Waals surface area contributed by atoms with Crippen LogP contribution in [0.5, 0.6) is 0 Å². The molecule has 1 rings (SSSR count). The van der Waals surface area contributed by atoms with Gasteiger partial charge < -0.3 is 14.8 Å². The number of esters is 2. The molecule has 1 N–H and O–H groups in total. The molecule has 1 amide bonds. The lowest BCUT2D eigenvalue weighted by Crippen LogP contribution is -2.62. The van der Waals surface area contributed by atoms with Crippen LogP contribution in [0, 0.1) is 13.8 Å². The van der Waals surface area contributed by atoms with Crippen molar-refractivity contribution in [3.8, 4) is 0 Å². The molecule has 0 aliphatic rings. The third-order valence-corrected chi connectivity index (χ3v) is 3.68. The molecule has 0 fully saturated rings. The molecule has 0 atom stereocenters. The molecule has 0 heterocycles. The van der Waals surface area contributed by atoms with Crippen molar-refractivity contribution < 1.29 is 23.9 Å². The molecule has 132 valence electrons. The van der Waals surface area contributed by atoms with Gasteiger partial charge in [-0.05, 0) is 44.4 Å². The van der Waals surface area contributed by atoms with Gasteiger partial charge in [0.15, 0.2) is 0 Å². The molecular weight excluding hydrogens is 310 g/mol. The summed E-state index contributed by atoms with van der Waals surface area (Å²) in [5.74, 6) is -2.16. The maximum absolute atomic E-state index is 12.5. The lowest BCUT2D eigenvalue weighted by Gasteiger charge is -2.30. The second kappa shape index (κ2) is 8.47. The number of nitrogens with one attached hydrogen (secondary N) is 1. The Hall–Kier alpha value is -2.37. The molecule has 0 saturated carbocycles. The van der Waals surface area contributed by atoms with Crippen LogP contribution in [0.15, 0.2) is 18.2 Å². The summed E-state index contributed by atoms with van der Waals surface area (Å²) >= 11 is 0. The first-order valence-corrected chi connectivity index (χ1v) is 7.96. The first-order valence-electron chi connectivity index (χ1n) is 7.96. The fraction of sp³-hybridized carbons (Fsp3) is 0.500. The van der Waals surface area contributed by atoms with Crippen molar-refractivity contribution in [1.29, 1.82) is 0 Å². The van der Waals surface area contributed by atoms with Crippen molar-refractivity contribution in [3.05, 3.63) is 34.9 Å². The lowest BCUT2D eigenvalue weighted by atomic mass is 9.89. The fourth-order valence-corrected chi connectivity index (χ4v) is 2.40. The van der Waals surface area contributed by atoms with Gasteiger partial charge in [-0.1, -0.05) is 18.2 Å². The largest absolute Gasteiger partial charge is 0.464 e. The molecule has 24 heavy (non-hydrogen) atoms. The van der Waals surface area contributed by atoms with Crippen molar-refractivity contribution >= 4 is 17.8 Å². The topological polar surface area (TPSA) is 81.7 Å². The lowest BCUT2D eigenvalue weighted by molar-refractivity contribution is -0.168. The predicted octanol–water partition coefficient (Wildman–Crippen LogP) is 1.85. The molecule has 1 aromatic carbocycles. The molecular formula is C18H25NO5. The standard InChI is InChI=1S/C18H25NO5/c1-6-23-16(21)18(19-14(5)20,17(22)24-7-2)11-15-9-8-12(3)13(4)10-15/h8-10H,6-7,11H2,1-5H3,(H,19,20). The highest BCUT2D eigenvalue weighted by molar-refractivity contribution is 6.08. The van der Waals surface area contributed by atoms with Crippen molar-refractivity contribution in [3.63, 3.8) is 0 Å². The molecule has 1 aromatic rings. The van der Waals surface area contributed by atoms with Gasteiger partial charge in [0, 0.05) is 13.3 Å². The summed E-state index contributed by atoms with van der Waals surface area (Å²) < 4.78 is 10.1. The van der Waals surface area contributed by atoms with Gasteiger partial charge in [0.2, 0.25) is 11.4 Å². The van der Waals surface area contributed by atoms with Crippen LogP contribution in [0.1, 0.15) is 37.5 Å². The van der Waals surface area contributed by atoms with E-state index < -0.39 is 23.4 Å². The quantitative estimate of drug-likeness (QED) is 0.607. The highest BCUT2D eigenvalue weighted by Crippen LogP contribution is 2.21. The molecule has 0 aliphatic heterocycles. The van der Waals surface area contributed by atoms with Crippen LogP contribution in [-0.4, -0.2) is 36.6 Å². The van der Waals surface area contributed by atoms with Gasteiger partial charge in [0.25, 0.3) is 0 Å². The Morgan fingerprint density at radius 1 is 1.00 bits per heavy atom. The van der Waals surface area contributed by atoms with Crippen LogP contribution in [0.4, 0.5) is 0 Å². The fourth-order valence-electron chi connectivity index (χ4n) is 2.40. The molecule has 0 aromatic heterocycles. The van der Waals surface area contributed by atoms with Gasteiger partial charge in [-0.2, -0.15) is 0 Å². The number of benzene rings is 1. The van der Waals surface area contributed by atoms with E-state index in [1.807, 2.05) is 32.0 Å². The van der Waals surface area contributed by atoms with Gasteiger partial charge in [0.05, 0.1) is 13.2 Å². The highest BCUT2D eigenvalue weighted by atomic mass is 16.6. The molecule has 6 nitrogen and oxygen atoms in total. The summed E-state index contributed by atoms with van der Waals surface area (Å²) in [6.07, 6.45) is -0.0363. The average Bonchev–Trinajstić information content (AvgIpc) is 2.50. The van der Waals surface area contributed by atoms with Crippen LogP contribution < -0.4 is 5.32 Å². The van der Waals surface area contributed by atoms with Crippen LogP contribution in [0.25, 0.3) is 0 Å². The summed E-state index contributed by atoms with van der Waals surface area (Å²) in [6.45, 7) is 8.60. The van der Waals surface area contributed by atoms with E-state index in [0.717, 1.165) is 16.7 Å². The minimum absolute atomic E-state index is 0.0363. The predicted molar refractivity (Wildman–Crippen MR) is 89.4 cm³/mol. The van der Waals surface area contributed by atoms with E-state index in [2.05, 4.69) is 5.32 Å². The van der Waals surface area contributed by atoms with E-state index in [0.29, 0.717) is 0 Å². The van der Waals surface area contributed by atoms with E-state index in [9.17, 15) is 14.4 Å². The van der Waals surface area contributed by atoms with E-state index in [4.69, 9.17) is 9.47 Å². The number of hydrogen-bond acceptors (Lipinski definition) is 5. The van der Waals surface area contributed by atoms with Crippen molar-refractivity contribution in [1.82, 2.24) is 5.32 Å². The minimum atomic E-state index is -1.89. The maximum atomic E-state index is 12.5. The van der Waals surface area contributed by atoms with Gasteiger partial charge in [-0.25, -0.2) is 9.59 Å². The number of amides is 1. The summed E-state index contributed by atoms with van der Waals surface area (Å²) in [6, 6.07) is 5.60. The Labute approximate surface area is 142 Å². The Morgan fingerprint density at radius 3 is 1.96 bits per heavy atom. The smallest absolute Gasteiger partial charge is 0.344 e. The molecule has 0 unspecified atom stereocenters. The Kier molecular flexibility index (Phi) is 6.95. The monoisotopic (exact) mass is 335 g/mol. The first-order chi connectivity index (χ1) is 11.3. The Bertz CT molecular complexity index is 606. The maximum Gasteiger partial charge on any atom is 0.344 e. The normalized spacial score (nSPS) is 10.9. The molecule has 6 heteroatoms. The van der Waals surface area contributed by atoms with Crippen LogP contribution in [0.3, 0.4) is 0 Å². The number of hydrogen-bond donors (Lipinski definition) is 1. The molecule has 0 aliphatic carbocycles. The molecule has 0 radical (unpaired) electrons. The first kappa shape index (κ1) is 19.7. The number of aryl methyl sites for hydroxylation is 2. The average molecular weight is 335 g/mol. The van der Waals surface area contributed by atoms with Gasteiger partial charge >= 0.3 is 11.9 Å². The third-order valence-electron chi connectivity index (χ3n) is 3.68. The van der Waals surface area contributed by atoms with Gasteiger partial charge in [0.1, 0.15) is 0 Å². The van der Waals surface area contributed by atoms with Crippen molar-refractivity contribution in [2.75, 3.05) is 13.2 Å². The number of ether oxygens (including phenoxy) is 2. The van der Waals surface area contributed by atoms with Crippen molar-refractivity contribution in [2.45, 2.75) is 46.6 Å². The van der Waals surface area contributed by atoms with E-state index in [1.54, 1.807) is 13.8 Å². The SMILES string of the molecule is CCOC(=O)C(Cc1ccc(C)c(C)c1)(NC(C)=O)C(=O)OCC. The van der Waals surface area contributed by atoms with Gasteiger partial charge in [-0.15, -0.1) is 0 Å². The Morgan fingerprint density at radius 2 is 1.54 bits per heavy atom. The van der Waals surface area contributed by atoms with E-state index in [-0.39, 0.29) is 19.6 Å². The molecule has 0 saturated heterocycles. The second-order valence-corrected chi connectivity index (χ2v) is 5.62. The summed E-state index contributed by atoms with van der Waals surface area (Å²) in [5, 5.41) is 2.46. The zero-order valence-electron chi connectivity index (χ0n) is 14.9. The summed E-state index contributed by atoms with van der Waals surface area (Å²) in [5.41, 5.74) is 0.959. The third kappa shape index (κ3) is 4.57. The number of carbonyl (C=O) groups excluding carboxylic acids is 3. The van der Waals surface area contributed by atoms with Crippen LogP contribution in [0.2, 0.25) is 0 Å². The number of carbonyl (C=O) groups is 3. The zero-order valence-corrected chi connectivity index (χ0v) is 14.9. The van der Waals surface area contributed by atoms with Crippen LogP contribution >= 0.6 is 0 Å². The number of rotatable bonds is 7. The molecule has 0 bridgehead atoms.